The fraction of sp³-hybridized carbons (Fsp3) is 0.360. The Morgan fingerprint density at radius 1 is 0.942 bits per heavy atom. The second-order valence-corrected chi connectivity index (χ2v) is 19.9. The number of aryl methyl sites for hydroxylation is 1. The number of nitrogens with one attached hydrogen (secondary N) is 2. The van der Waals surface area contributed by atoms with Crippen LogP contribution < -0.4 is 25.2 Å². The van der Waals surface area contributed by atoms with Gasteiger partial charge < -0.3 is 35.4 Å². The summed E-state index contributed by atoms with van der Waals surface area (Å²) in [7, 11) is -3.73. The maximum Gasteiger partial charge on any atom is 0.262 e. The van der Waals surface area contributed by atoms with Gasteiger partial charge in [-0.05, 0) is 104 Å². The number of hydrogen-bond donors (Lipinski definition) is 4. The second kappa shape index (κ2) is 19.6. The van der Waals surface area contributed by atoms with Crippen molar-refractivity contribution in [2.24, 2.45) is 0 Å². The molecular weight excluding hydrogens is 906 g/mol. The predicted molar refractivity (Wildman–Crippen MR) is 253 cm³/mol. The molecule has 0 bridgehead atoms. The number of halogens is 1. The molecule has 2 saturated heterocycles. The average molecular weight is 958 g/mol. The lowest BCUT2D eigenvalue weighted by Gasteiger charge is -2.43. The summed E-state index contributed by atoms with van der Waals surface area (Å²) >= 11 is 0. The van der Waals surface area contributed by atoms with Crippen molar-refractivity contribution in [3.63, 3.8) is 0 Å². The highest BCUT2D eigenvalue weighted by molar-refractivity contribution is 7.90. The molecule has 3 fully saturated rings. The normalized spacial score (nSPS) is 20.8. The van der Waals surface area contributed by atoms with E-state index in [0.717, 1.165) is 61.7 Å². The van der Waals surface area contributed by atoms with E-state index in [-0.39, 0.29) is 65.8 Å². The van der Waals surface area contributed by atoms with Crippen molar-refractivity contribution >= 4 is 56.4 Å². The summed E-state index contributed by atoms with van der Waals surface area (Å²) in [5, 5.41) is 35.7. The number of hydrogen-bond acceptors (Lipinski definition) is 15. The molecule has 0 radical (unpaired) electrons. The molecule has 1 aliphatic carbocycles. The third-order valence-electron chi connectivity index (χ3n) is 13.5. The van der Waals surface area contributed by atoms with Crippen LogP contribution in [0.3, 0.4) is 0 Å². The highest BCUT2D eigenvalue weighted by Crippen LogP contribution is 2.37. The lowest BCUT2D eigenvalue weighted by Crippen LogP contribution is -2.57. The van der Waals surface area contributed by atoms with Crippen LogP contribution in [0.25, 0.3) is 0 Å². The summed E-state index contributed by atoms with van der Waals surface area (Å²) in [6.45, 7) is 4.33. The van der Waals surface area contributed by atoms with Gasteiger partial charge in [0.05, 0.1) is 64.8 Å². The molecule has 2 unspecified atom stereocenters. The number of nitriles is 1. The Labute approximate surface area is 399 Å². The lowest BCUT2D eigenvalue weighted by atomic mass is 9.91. The number of sulfone groups is 1. The first-order valence-electron chi connectivity index (χ1n) is 22.9. The van der Waals surface area contributed by atoms with Gasteiger partial charge >= 0.3 is 0 Å². The van der Waals surface area contributed by atoms with Gasteiger partial charge in [0.15, 0.2) is 21.5 Å². The van der Waals surface area contributed by atoms with E-state index in [1.54, 1.807) is 71.6 Å². The summed E-state index contributed by atoms with van der Waals surface area (Å²) in [4.78, 5) is 54.3. The zero-order chi connectivity index (χ0) is 48.6. The molecule has 17 nitrogen and oxygen atoms in total. The maximum atomic E-state index is 15.9. The van der Waals surface area contributed by atoms with Crippen molar-refractivity contribution in [2.75, 3.05) is 47.6 Å². The highest BCUT2D eigenvalue weighted by atomic mass is 32.2. The van der Waals surface area contributed by atoms with Gasteiger partial charge in [0.2, 0.25) is 11.9 Å². The highest BCUT2D eigenvalue weighted by Gasteiger charge is 2.45. The summed E-state index contributed by atoms with van der Waals surface area (Å²) in [5.41, 5.74) is 4.40. The first kappa shape index (κ1) is 47.1. The van der Waals surface area contributed by atoms with E-state index < -0.39 is 39.7 Å². The minimum atomic E-state index is -3.73. The van der Waals surface area contributed by atoms with E-state index in [4.69, 9.17) is 4.74 Å². The molecule has 4 aliphatic rings. The third kappa shape index (κ3) is 9.83. The number of amides is 3. The zero-order valence-electron chi connectivity index (χ0n) is 38.1. The largest absolute Gasteiger partial charge is 0.490 e. The number of fused-ring (bicyclic) bond motifs is 1. The summed E-state index contributed by atoms with van der Waals surface area (Å²) in [6, 6.07) is 23.9. The van der Waals surface area contributed by atoms with Gasteiger partial charge in [-0.25, -0.2) is 17.8 Å². The van der Waals surface area contributed by atoms with Gasteiger partial charge in [0.1, 0.15) is 12.0 Å². The number of piperazine rings is 1. The van der Waals surface area contributed by atoms with Crippen LogP contribution >= 0.6 is 0 Å². The summed E-state index contributed by atoms with van der Waals surface area (Å²) in [6.07, 6.45) is 4.40. The topological polar surface area (TPSA) is 222 Å². The molecule has 1 saturated carbocycles. The number of aliphatic hydroxyl groups excluding tert-OH is 2. The molecule has 3 amide bonds. The number of anilines is 5. The van der Waals surface area contributed by atoms with E-state index in [0.29, 0.717) is 58.6 Å². The smallest absolute Gasteiger partial charge is 0.262 e. The predicted octanol–water partition coefficient (Wildman–Crippen LogP) is 5.48. The summed E-state index contributed by atoms with van der Waals surface area (Å²) in [5.74, 6) is -1.67. The van der Waals surface area contributed by atoms with Gasteiger partial charge in [0.25, 0.3) is 11.8 Å². The molecule has 2 atom stereocenters. The first-order chi connectivity index (χ1) is 33.2. The van der Waals surface area contributed by atoms with Gasteiger partial charge in [-0.3, -0.25) is 24.2 Å². The second-order valence-electron chi connectivity index (χ2n) is 18.0. The lowest BCUT2D eigenvalue weighted by molar-refractivity contribution is -0.129. The van der Waals surface area contributed by atoms with Crippen LogP contribution in [0.15, 0.2) is 90.0 Å². The van der Waals surface area contributed by atoms with Crippen molar-refractivity contribution in [1.29, 1.82) is 5.26 Å². The monoisotopic (exact) mass is 957 g/mol. The van der Waals surface area contributed by atoms with E-state index in [2.05, 4.69) is 36.5 Å². The average Bonchev–Trinajstić information content (AvgIpc) is 3.59. The fourth-order valence-electron chi connectivity index (χ4n) is 9.84. The number of aliphatic hydroxyl groups is 2. The quantitative estimate of drug-likeness (QED) is 0.107. The number of rotatable bonds is 13. The molecule has 4 heterocycles. The van der Waals surface area contributed by atoms with Crippen LogP contribution in [-0.4, -0.2) is 113 Å². The number of piperidine rings is 1. The molecule has 9 rings (SSSR count). The van der Waals surface area contributed by atoms with Gasteiger partial charge in [0, 0.05) is 56.3 Å². The standard InChI is InChI=1S/C50H52FN9O8S/c1-30-7-8-31(29-61)23-43(30)59(28-33-6-4-3-5-32(33)26-52)46-40(51)27-53-50(56-46)54-34-9-16-41(44(24-34)69(2,66)67)58-21-19-57(20-22-58)35-10-12-36(13-11-35)68-37-14-15-38-39(25-37)49(65)60(48(38)64)42-17-18-45(62)55-47(42)63/h3-9,14-16,23-25,27,35-36,42,47,61,63H,10-13,17-22,28-29H2,1-2H3,(H,55,62)(H,53,54,56). The Bertz CT molecular complexity index is 2970. The van der Waals surface area contributed by atoms with Crippen LogP contribution in [0.4, 0.5) is 33.2 Å². The molecular formula is C50H52FN9O8S. The van der Waals surface area contributed by atoms with Crippen molar-refractivity contribution in [2.45, 2.75) is 87.9 Å². The fourth-order valence-corrected chi connectivity index (χ4v) is 10.8. The van der Waals surface area contributed by atoms with Gasteiger partial charge in [-0.1, -0.05) is 30.3 Å². The van der Waals surface area contributed by atoms with Crippen molar-refractivity contribution < 1.29 is 42.1 Å². The molecule has 4 N–H and O–H groups in total. The molecule has 69 heavy (non-hydrogen) atoms. The molecule has 3 aliphatic heterocycles. The van der Waals surface area contributed by atoms with Gasteiger partial charge in [-0.2, -0.15) is 10.2 Å². The van der Waals surface area contributed by atoms with Gasteiger partial charge in [-0.15, -0.1) is 0 Å². The molecule has 19 heteroatoms. The van der Waals surface area contributed by atoms with Crippen LogP contribution in [0.5, 0.6) is 5.75 Å². The maximum absolute atomic E-state index is 15.9. The molecule has 1 aromatic heterocycles. The van der Waals surface area contributed by atoms with Crippen LogP contribution in [0.1, 0.15) is 81.5 Å². The summed E-state index contributed by atoms with van der Waals surface area (Å²) < 4.78 is 48.9. The third-order valence-corrected chi connectivity index (χ3v) is 14.6. The Morgan fingerprint density at radius 2 is 1.70 bits per heavy atom. The van der Waals surface area contributed by atoms with E-state index >= 15 is 4.39 Å². The first-order valence-corrected chi connectivity index (χ1v) is 24.8. The molecule has 4 aromatic carbocycles. The SMILES string of the molecule is Cc1ccc(CO)cc1N(Cc1ccccc1C#N)c1nc(Nc2ccc(N3CCN(C4CCC(Oc5ccc6c(c5)C(=O)N(C5CCC(=O)NC5O)C6=O)CC4)CC3)c(S(C)(=O)=O)c2)ncc1F. The van der Waals surface area contributed by atoms with E-state index in [1.807, 2.05) is 13.0 Å². The molecule has 0 spiro atoms. The van der Waals surface area contributed by atoms with Crippen LogP contribution in [0, 0.1) is 24.1 Å². The Hall–Kier alpha value is -6.98. The number of nitrogens with zero attached hydrogens (tertiary/aromatic N) is 7. The minimum Gasteiger partial charge on any atom is -0.490 e. The number of ether oxygens (including phenoxy) is 1. The van der Waals surface area contributed by atoms with Crippen molar-refractivity contribution in [3.8, 4) is 11.8 Å². The van der Waals surface area contributed by atoms with Crippen LogP contribution in [0.2, 0.25) is 0 Å². The molecule has 5 aromatic rings. The minimum absolute atomic E-state index is 0.0156. The zero-order valence-corrected chi connectivity index (χ0v) is 39.0. The Kier molecular flexibility index (Phi) is 13.3. The molecule has 358 valence electrons. The Balaban J connectivity index is 0.840. The number of carbonyl (C=O) groups is 3. The number of carbonyl (C=O) groups excluding carboxylic acids is 3. The van der Waals surface area contributed by atoms with Crippen LogP contribution in [-0.2, 0) is 27.8 Å². The van der Waals surface area contributed by atoms with Crippen molar-refractivity contribution in [3.05, 3.63) is 124 Å². The number of aromatic nitrogens is 2. The number of imide groups is 1. The Morgan fingerprint density at radius 3 is 2.42 bits per heavy atom. The van der Waals surface area contributed by atoms with Crippen molar-refractivity contribution in [1.82, 2.24) is 25.1 Å². The number of benzene rings is 4. The van der Waals surface area contributed by atoms with E-state index in [9.17, 15) is 38.3 Å². The van der Waals surface area contributed by atoms with E-state index in [1.165, 1.54) is 6.07 Å².